The molecule has 2 N–H and O–H groups in total. The van der Waals surface area contributed by atoms with E-state index in [-0.39, 0.29) is 0 Å². The molecule has 5 nitrogen and oxygen atoms in total. The van der Waals surface area contributed by atoms with Crippen LogP contribution in [0.5, 0.6) is 0 Å². The number of hydrogen-bond donors (Lipinski definition) is 1. The molecule has 0 radical (unpaired) electrons. The fourth-order valence-electron chi connectivity index (χ4n) is 1.72. The van der Waals surface area contributed by atoms with Crippen LogP contribution in [-0.2, 0) is 6.54 Å². The van der Waals surface area contributed by atoms with Gasteiger partial charge in [-0.05, 0) is 12.1 Å². The number of para-hydroxylation sites is 1. The number of nitrogens with zero attached hydrogens (tertiary/aromatic N) is 3. The maximum absolute atomic E-state index is 5.48. The van der Waals surface area contributed by atoms with E-state index in [2.05, 4.69) is 10.3 Å². The van der Waals surface area contributed by atoms with Gasteiger partial charge in [-0.3, -0.25) is 0 Å². The Hall–Kier alpha value is -2.40. The van der Waals surface area contributed by atoms with Gasteiger partial charge in [-0.15, -0.1) is 0 Å². The lowest BCUT2D eigenvalue weighted by Crippen LogP contribution is -1.92. The molecule has 0 aliphatic heterocycles. The summed E-state index contributed by atoms with van der Waals surface area (Å²) in [5.41, 5.74) is 8.14. The van der Waals surface area contributed by atoms with Crippen LogP contribution in [0.25, 0.3) is 16.9 Å². The Morgan fingerprint density at radius 3 is 2.78 bits per heavy atom. The first-order chi connectivity index (χ1) is 8.86. The Bertz CT molecular complexity index is 642. The van der Waals surface area contributed by atoms with Gasteiger partial charge in [0.15, 0.2) is 5.76 Å². The van der Waals surface area contributed by atoms with Gasteiger partial charge in [0.25, 0.3) is 0 Å². The topological polar surface area (TPSA) is 69.9 Å². The lowest BCUT2D eigenvalue weighted by molar-refractivity contribution is 0.387. The minimum atomic E-state index is 0.347. The van der Waals surface area contributed by atoms with Crippen molar-refractivity contribution in [2.75, 3.05) is 0 Å². The Labute approximate surface area is 104 Å². The van der Waals surface area contributed by atoms with Crippen molar-refractivity contribution in [3.63, 3.8) is 0 Å². The van der Waals surface area contributed by atoms with Gasteiger partial charge in [0.2, 0.25) is 0 Å². The average molecular weight is 240 g/mol. The molecule has 1 aromatic carbocycles. The normalized spacial score (nSPS) is 10.7. The van der Waals surface area contributed by atoms with Crippen LogP contribution in [0.3, 0.4) is 0 Å². The summed E-state index contributed by atoms with van der Waals surface area (Å²) < 4.78 is 6.87. The molecule has 0 spiro atoms. The van der Waals surface area contributed by atoms with Crippen molar-refractivity contribution in [1.82, 2.24) is 14.9 Å². The summed E-state index contributed by atoms with van der Waals surface area (Å²) in [7, 11) is 0. The molecule has 0 fully saturated rings. The van der Waals surface area contributed by atoms with Crippen LogP contribution in [0.2, 0.25) is 0 Å². The molecule has 0 saturated heterocycles. The van der Waals surface area contributed by atoms with Crippen LogP contribution in [0.1, 0.15) is 5.76 Å². The average Bonchev–Trinajstić information content (AvgIpc) is 3.08. The summed E-state index contributed by atoms with van der Waals surface area (Å²) in [5, 5.41) is 8.26. The van der Waals surface area contributed by atoms with E-state index in [1.807, 2.05) is 42.6 Å². The predicted molar refractivity (Wildman–Crippen MR) is 67.0 cm³/mol. The fraction of sp³-hybridized carbons (Fsp3) is 0.0769. The maximum Gasteiger partial charge on any atom is 0.150 e. The van der Waals surface area contributed by atoms with E-state index in [0.29, 0.717) is 12.3 Å². The molecular weight excluding hydrogens is 228 g/mol. The Kier molecular flexibility index (Phi) is 2.66. The summed E-state index contributed by atoms with van der Waals surface area (Å²) in [6.07, 6.45) is 3.67. The molecule has 0 bridgehead atoms. The second-order valence-electron chi connectivity index (χ2n) is 3.89. The van der Waals surface area contributed by atoms with Crippen molar-refractivity contribution in [2.24, 2.45) is 5.73 Å². The molecule has 0 unspecified atom stereocenters. The standard InChI is InChI=1S/C13H12N4O/c14-7-12-6-13(16-18-12)10-8-15-17(9-10)11-4-2-1-3-5-11/h1-6,8-9H,7,14H2. The molecule has 0 amide bonds. The zero-order valence-corrected chi connectivity index (χ0v) is 9.65. The van der Waals surface area contributed by atoms with Crippen molar-refractivity contribution in [1.29, 1.82) is 0 Å². The van der Waals surface area contributed by atoms with Gasteiger partial charge in [-0.1, -0.05) is 23.4 Å². The summed E-state index contributed by atoms with van der Waals surface area (Å²) in [5.74, 6) is 0.664. The zero-order valence-electron chi connectivity index (χ0n) is 9.65. The molecule has 2 heterocycles. The van der Waals surface area contributed by atoms with Gasteiger partial charge in [0.05, 0.1) is 18.4 Å². The number of rotatable bonds is 3. The minimum absolute atomic E-state index is 0.347. The van der Waals surface area contributed by atoms with Gasteiger partial charge >= 0.3 is 0 Å². The highest BCUT2D eigenvalue weighted by atomic mass is 16.5. The van der Waals surface area contributed by atoms with E-state index in [1.54, 1.807) is 10.9 Å². The van der Waals surface area contributed by atoms with Crippen molar-refractivity contribution in [3.8, 4) is 16.9 Å². The predicted octanol–water partition coefficient (Wildman–Crippen LogP) is 1.99. The Morgan fingerprint density at radius 1 is 1.22 bits per heavy atom. The molecule has 0 atom stereocenters. The largest absolute Gasteiger partial charge is 0.359 e. The van der Waals surface area contributed by atoms with Crippen LogP contribution >= 0.6 is 0 Å². The summed E-state index contributed by atoms with van der Waals surface area (Å²) >= 11 is 0. The smallest absolute Gasteiger partial charge is 0.150 e. The molecule has 0 aliphatic rings. The van der Waals surface area contributed by atoms with Gasteiger partial charge in [0.1, 0.15) is 5.69 Å². The minimum Gasteiger partial charge on any atom is -0.359 e. The van der Waals surface area contributed by atoms with Gasteiger partial charge in [-0.25, -0.2) is 4.68 Å². The van der Waals surface area contributed by atoms with Crippen LogP contribution in [0.15, 0.2) is 53.3 Å². The molecule has 3 aromatic rings. The van der Waals surface area contributed by atoms with E-state index < -0.39 is 0 Å². The first kappa shape index (κ1) is 10.7. The van der Waals surface area contributed by atoms with Crippen molar-refractivity contribution in [3.05, 3.63) is 54.6 Å². The third-order valence-electron chi connectivity index (χ3n) is 2.66. The number of nitrogens with two attached hydrogens (primary N) is 1. The molecule has 3 rings (SSSR count). The summed E-state index contributed by atoms with van der Waals surface area (Å²) in [4.78, 5) is 0. The second-order valence-corrected chi connectivity index (χ2v) is 3.89. The van der Waals surface area contributed by atoms with E-state index in [1.165, 1.54) is 0 Å². The zero-order chi connectivity index (χ0) is 12.4. The number of benzene rings is 1. The molecule has 2 aromatic heterocycles. The van der Waals surface area contributed by atoms with Gasteiger partial charge < -0.3 is 10.3 Å². The summed E-state index contributed by atoms with van der Waals surface area (Å²) in [6, 6.07) is 11.7. The lowest BCUT2D eigenvalue weighted by Gasteiger charge is -1.98. The van der Waals surface area contributed by atoms with Gasteiger partial charge in [0, 0.05) is 17.8 Å². The second kappa shape index (κ2) is 4.46. The SMILES string of the molecule is NCc1cc(-c2cnn(-c3ccccc3)c2)no1. The van der Waals surface area contributed by atoms with Gasteiger partial charge in [-0.2, -0.15) is 5.10 Å². The van der Waals surface area contributed by atoms with Crippen molar-refractivity contribution >= 4 is 0 Å². The van der Waals surface area contributed by atoms with Crippen LogP contribution < -0.4 is 5.73 Å². The van der Waals surface area contributed by atoms with E-state index in [0.717, 1.165) is 16.9 Å². The van der Waals surface area contributed by atoms with Crippen LogP contribution in [0, 0.1) is 0 Å². The lowest BCUT2D eigenvalue weighted by atomic mass is 10.2. The molecule has 5 heteroatoms. The highest BCUT2D eigenvalue weighted by Gasteiger charge is 2.08. The van der Waals surface area contributed by atoms with Crippen molar-refractivity contribution < 1.29 is 4.52 Å². The van der Waals surface area contributed by atoms with E-state index in [9.17, 15) is 0 Å². The third-order valence-corrected chi connectivity index (χ3v) is 2.66. The first-order valence-corrected chi connectivity index (χ1v) is 5.63. The van der Waals surface area contributed by atoms with E-state index in [4.69, 9.17) is 10.3 Å². The van der Waals surface area contributed by atoms with E-state index >= 15 is 0 Å². The quantitative estimate of drug-likeness (QED) is 0.760. The highest BCUT2D eigenvalue weighted by Crippen LogP contribution is 2.19. The maximum atomic E-state index is 5.48. The summed E-state index contributed by atoms with van der Waals surface area (Å²) in [6.45, 7) is 0.347. The molecule has 90 valence electrons. The molecular formula is C13H12N4O. The first-order valence-electron chi connectivity index (χ1n) is 5.63. The number of aromatic nitrogens is 3. The Balaban J connectivity index is 1.94. The number of hydrogen-bond acceptors (Lipinski definition) is 4. The molecule has 0 saturated carbocycles. The Morgan fingerprint density at radius 2 is 2.06 bits per heavy atom. The van der Waals surface area contributed by atoms with Crippen molar-refractivity contribution in [2.45, 2.75) is 6.54 Å². The highest BCUT2D eigenvalue weighted by molar-refractivity contribution is 5.57. The monoisotopic (exact) mass is 240 g/mol. The fourth-order valence-corrected chi connectivity index (χ4v) is 1.72. The molecule has 18 heavy (non-hydrogen) atoms. The molecule has 0 aliphatic carbocycles. The third kappa shape index (κ3) is 1.91. The van der Waals surface area contributed by atoms with Crippen LogP contribution in [0.4, 0.5) is 0 Å². The van der Waals surface area contributed by atoms with Crippen LogP contribution in [-0.4, -0.2) is 14.9 Å².